The van der Waals surface area contributed by atoms with Crippen molar-refractivity contribution >= 4 is 11.7 Å². The summed E-state index contributed by atoms with van der Waals surface area (Å²) >= 11 is 0. The maximum atomic E-state index is 12.7. The zero-order valence-electron chi connectivity index (χ0n) is 6.87. The average molecular weight is 185 g/mol. The van der Waals surface area contributed by atoms with E-state index in [0.29, 0.717) is 0 Å². The van der Waals surface area contributed by atoms with Crippen molar-refractivity contribution in [3.05, 3.63) is 23.5 Å². The van der Waals surface area contributed by atoms with E-state index in [1.54, 1.807) is 0 Å². The molecule has 0 saturated heterocycles. The lowest BCUT2D eigenvalue weighted by Crippen LogP contribution is -2.05. The summed E-state index contributed by atoms with van der Waals surface area (Å²) in [4.78, 5) is 10.6. The van der Waals surface area contributed by atoms with Crippen molar-refractivity contribution in [2.45, 2.75) is 0 Å². The van der Waals surface area contributed by atoms with Crippen molar-refractivity contribution in [3.8, 4) is 5.75 Å². The second kappa shape index (κ2) is 3.30. The van der Waals surface area contributed by atoms with Gasteiger partial charge in [0, 0.05) is 6.07 Å². The van der Waals surface area contributed by atoms with E-state index in [0.717, 1.165) is 12.1 Å². The first-order chi connectivity index (χ1) is 6.06. The number of ether oxygens (including phenoxy) is 1. The molecule has 0 aliphatic heterocycles. The zero-order valence-corrected chi connectivity index (χ0v) is 6.87. The summed E-state index contributed by atoms with van der Waals surface area (Å²) in [5.41, 5.74) is 4.93. The number of anilines is 1. The highest BCUT2D eigenvalue weighted by Gasteiger charge is 2.15. The highest BCUT2D eigenvalue weighted by atomic mass is 19.1. The van der Waals surface area contributed by atoms with Gasteiger partial charge in [-0.1, -0.05) is 0 Å². The molecule has 1 rings (SSSR count). The predicted molar refractivity (Wildman–Crippen MR) is 44.3 cm³/mol. The van der Waals surface area contributed by atoms with Crippen LogP contribution >= 0.6 is 0 Å². The van der Waals surface area contributed by atoms with Crippen LogP contribution in [-0.2, 0) is 0 Å². The molecule has 5 heteroatoms. The van der Waals surface area contributed by atoms with Crippen molar-refractivity contribution in [1.29, 1.82) is 0 Å². The molecule has 0 radical (unpaired) electrons. The highest BCUT2D eigenvalue weighted by Crippen LogP contribution is 2.25. The van der Waals surface area contributed by atoms with E-state index in [9.17, 15) is 9.18 Å². The second-order valence-electron chi connectivity index (χ2n) is 2.38. The third-order valence-corrected chi connectivity index (χ3v) is 1.53. The first-order valence-corrected chi connectivity index (χ1v) is 3.42. The van der Waals surface area contributed by atoms with Gasteiger partial charge in [0.15, 0.2) is 0 Å². The quantitative estimate of drug-likeness (QED) is 0.677. The van der Waals surface area contributed by atoms with E-state index >= 15 is 0 Å². The molecule has 0 aromatic heterocycles. The maximum Gasteiger partial charge on any atom is 0.341 e. The Morgan fingerprint density at radius 2 is 2.23 bits per heavy atom. The summed E-state index contributed by atoms with van der Waals surface area (Å²) in [6, 6.07) is 1.91. The minimum absolute atomic E-state index is 0.0787. The van der Waals surface area contributed by atoms with Gasteiger partial charge in [0.05, 0.1) is 12.8 Å². The standard InChI is InChI=1S/C8H8FNO3/c1-13-6-3-4(9)2-5(10)7(6)8(11)12/h2-3H,10H2,1H3,(H,11,12). The predicted octanol–water partition coefficient (Wildman–Crippen LogP) is 1.11. The largest absolute Gasteiger partial charge is 0.496 e. The molecule has 3 N–H and O–H groups in total. The molecule has 1 aromatic carbocycles. The minimum atomic E-state index is -1.24. The number of halogens is 1. The number of carboxylic acid groups (broad SMARTS) is 1. The molecule has 0 atom stereocenters. The molecule has 0 unspecified atom stereocenters. The van der Waals surface area contributed by atoms with Gasteiger partial charge in [0.1, 0.15) is 17.1 Å². The van der Waals surface area contributed by atoms with Crippen LogP contribution < -0.4 is 10.5 Å². The average Bonchev–Trinajstić information content (AvgIpc) is 2.01. The van der Waals surface area contributed by atoms with Crippen molar-refractivity contribution in [2.24, 2.45) is 0 Å². The molecule has 13 heavy (non-hydrogen) atoms. The Morgan fingerprint density at radius 3 is 2.69 bits per heavy atom. The van der Waals surface area contributed by atoms with Gasteiger partial charge in [-0.05, 0) is 6.07 Å². The molecule has 0 fully saturated rings. The number of nitrogens with two attached hydrogens (primary N) is 1. The van der Waals surface area contributed by atoms with Gasteiger partial charge in [0.25, 0.3) is 0 Å². The monoisotopic (exact) mass is 185 g/mol. The summed E-state index contributed by atoms with van der Waals surface area (Å²) in [6.45, 7) is 0. The van der Waals surface area contributed by atoms with E-state index in [4.69, 9.17) is 10.8 Å². The molecule has 0 heterocycles. The molecule has 0 bridgehead atoms. The van der Waals surface area contributed by atoms with Crippen LogP contribution in [0.4, 0.5) is 10.1 Å². The number of carboxylic acids is 1. The molecule has 70 valence electrons. The maximum absolute atomic E-state index is 12.7. The zero-order chi connectivity index (χ0) is 10.0. The number of rotatable bonds is 2. The fourth-order valence-corrected chi connectivity index (χ4v) is 0.992. The lowest BCUT2D eigenvalue weighted by atomic mass is 10.1. The first-order valence-electron chi connectivity index (χ1n) is 3.42. The number of methoxy groups -OCH3 is 1. The first kappa shape index (κ1) is 9.31. The van der Waals surface area contributed by atoms with Crippen LogP contribution in [0.1, 0.15) is 10.4 Å². The van der Waals surface area contributed by atoms with Crippen molar-refractivity contribution in [1.82, 2.24) is 0 Å². The van der Waals surface area contributed by atoms with Gasteiger partial charge in [-0.15, -0.1) is 0 Å². The number of carbonyl (C=O) groups is 1. The molecule has 0 amide bonds. The fourth-order valence-electron chi connectivity index (χ4n) is 0.992. The number of benzene rings is 1. The van der Waals surface area contributed by atoms with Crippen LogP contribution in [0.2, 0.25) is 0 Å². The van der Waals surface area contributed by atoms with Gasteiger partial charge < -0.3 is 15.6 Å². The lowest BCUT2D eigenvalue weighted by molar-refractivity contribution is 0.0694. The van der Waals surface area contributed by atoms with Crippen LogP contribution in [0.15, 0.2) is 12.1 Å². The number of hydrogen-bond acceptors (Lipinski definition) is 3. The lowest BCUT2D eigenvalue weighted by Gasteiger charge is -2.07. The third kappa shape index (κ3) is 1.69. The minimum Gasteiger partial charge on any atom is -0.496 e. The topological polar surface area (TPSA) is 72.5 Å². The molecule has 0 spiro atoms. The van der Waals surface area contributed by atoms with Crippen LogP contribution in [0.5, 0.6) is 5.75 Å². The van der Waals surface area contributed by atoms with Gasteiger partial charge in [-0.3, -0.25) is 0 Å². The van der Waals surface area contributed by atoms with E-state index in [2.05, 4.69) is 4.74 Å². The smallest absolute Gasteiger partial charge is 0.341 e. The van der Waals surface area contributed by atoms with Gasteiger partial charge in [-0.25, -0.2) is 9.18 Å². The van der Waals surface area contributed by atoms with E-state index < -0.39 is 11.8 Å². The Bertz CT molecular complexity index is 351. The Balaban J connectivity index is 3.38. The van der Waals surface area contributed by atoms with Crippen molar-refractivity contribution in [2.75, 3.05) is 12.8 Å². The molecular weight excluding hydrogens is 177 g/mol. The van der Waals surface area contributed by atoms with Gasteiger partial charge in [0.2, 0.25) is 0 Å². The summed E-state index contributed by atoms with van der Waals surface area (Å²) in [6.07, 6.45) is 0. The highest BCUT2D eigenvalue weighted by molar-refractivity contribution is 5.96. The second-order valence-corrected chi connectivity index (χ2v) is 2.38. The summed E-state index contributed by atoms with van der Waals surface area (Å²) in [5.74, 6) is -1.95. The summed E-state index contributed by atoms with van der Waals surface area (Å²) in [7, 11) is 1.25. The Kier molecular flexibility index (Phi) is 2.36. The van der Waals surface area contributed by atoms with Crippen LogP contribution in [0.3, 0.4) is 0 Å². The van der Waals surface area contributed by atoms with Gasteiger partial charge >= 0.3 is 5.97 Å². The van der Waals surface area contributed by atoms with Gasteiger partial charge in [-0.2, -0.15) is 0 Å². The van der Waals surface area contributed by atoms with E-state index in [-0.39, 0.29) is 17.0 Å². The SMILES string of the molecule is COc1cc(F)cc(N)c1C(=O)O. The van der Waals surface area contributed by atoms with Crippen LogP contribution in [0.25, 0.3) is 0 Å². The molecule has 4 nitrogen and oxygen atoms in total. The Hall–Kier alpha value is -1.78. The summed E-state index contributed by atoms with van der Waals surface area (Å²) < 4.78 is 17.4. The van der Waals surface area contributed by atoms with Crippen molar-refractivity contribution < 1.29 is 19.0 Å². The molecule has 0 aliphatic rings. The number of nitrogen functional groups attached to an aromatic ring is 1. The fraction of sp³-hybridized carbons (Fsp3) is 0.125. The van der Waals surface area contributed by atoms with E-state index in [1.165, 1.54) is 7.11 Å². The normalized spacial score (nSPS) is 9.69. The number of aromatic carboxylic acids is 1. The Morgan fingerprint density at radius 1 is 1.62 bits per heavy atom. The summed E-state index contributed by atoms with van der Waals surface area (Å²) in [5, 5.41) is 8.69. The number of hydrogen-bond donors (Lipinski definition) is 2. The molecule has 1 aromatic rings. The van der Waals surface area contributed by atoms with E-state index in [1.807, 2.05) is 0 Å². The Labute approximate surface area is 73.7 Å². The molecule has 0 aliphatic carbocycles. The van der Waals surface area contributed by atoms with Crippen LogP contribution in [0, 0.1) is 5.82 Å². The van der Waals surface area contributed by atoms with Crippen molar-refractivity contribution in [3.63, 3.8) is 0 Å². The van der Waals surface area contributed by atoms with Crippen LogP contribution in [-0.4, -0.2) is 18.2 Å². The molecular formula is C8H8FNO3. The molecule has 0 saturated carbocycles. The third-order valence-electron chi connectivity index (χ3n) is 1.53.